The molecular formula is C24H33N3O4. The number of aromatic nitrogens is 1. The number of carbonyl (C=O) groups excluding carboxylic acids is 2. The molecule has 7 heteroatoms. The van der Waals surface area contributed by atoms with Crippen molar-refractivity contribution in [3.8, 4) is 0 Å². The molecule has 2 heterocycles. The molecule has 1 fully saturated rings. The highest BCUT2D eigenvalue weighted by Crippen LogP contribution is 2.31. The molecule has 2 aromatic rings. The Morgan fingerprint density at radius 2 is 1.65 bits per heavy atom. The Morgan fingerprint density at radius 3 is 2.19 bits per heavy atom. The molecule has 0 bridgehead atoms. The summed E-state index contributed by atoms with van der Waals surface area (Å²) in [5, 5.41) is 5.13. The van der Waals surface area contributed by atoms with Crippen molar-refractivity contribution in [1.82, 2.24) is 10.3 Å². The van der Waals surface area contributed by atoms with Gasteiger partial charge < -0.3 is 14.8 Å². The van der Waals surface area contributed by atoms with Crippen LogP contribution in [-0.4, -0.2) is 34.9 Å². The van der Waals surface area contributed by atoms with E-state index >= 15 is 0 Å². The van der Waals surface area contributed by atoms with Crippen LogP contribution in [0.15, 0.2) is 30.5 Å². The van der Waals surface area contributed by atoms with Gasteiger partial charge in [-0.25, -0.2) is 14.6 Å². The molecule has 0 aliphatic carbocycles. The van der Waals surface area contributed by atoms with Crippen molar-refractivity contribution in [2.24, 2.45) is 0 Å². The quantitative estimate of drug-likeness (QED) is 0.660. The van der Waals surface area contributed by atoms with Crippen LogP contribution in [0.1, 0.15) is 72.4 Å². The number of piperidine rings is 1. The number of rotatable bonds is 2. The summed E-state index contributed by atoms with van der Waals surface area (Å²) in [5.74, 6) is 0.198. The first-order valence-electron chi connectivity index (χ1n) is 10.8. The van der Waals surface area contributed by atoms with Crippen LogP contribution >= 0.6 is 0 Å². The zero-order chi connectivity index (χ0) is 22.8. The van der Waals surface area contributed by atoms with Crippen molar-refractivity contribution in [1.29, 1.82) is 0 Å². The summed E-state index contributed by atoms with van der Waals surface area (Å²) in [4.78, 5) is 31.2. The Hall–Kier alpha value is -2.67. The van der Waals surface area contributed by atoms with Crippen LogP contribution < -0.4 is 10.2 Å². The van der Waals surface area contributed by atoms with Crippen molar-refractivity contribution in [3.05, 3.63) is 36.0 Å². The normalized spacial score (nSPS) is 17.3. The topological polar surface area (TPSA) is 80.8 Å². The van der Waals surface area contributed by atoms with Gasteiger partial charge in [-0.1, -0.05) is 18.6 Å². The molecule has 31 heavy (non-hydrogen) atoms. The van der Waals surface area contributed by atoms with E-state index in [-0.39, 0.29) is 5.82 Å². The fourth-order valence-corrected chi connectivity index (χ4v) is 3.57. The Balaban J connectivity index is 2.03. The molecule has 0 saturated carbocycles. The van der Waals surface area contributed by atoms with Crippen LogP contribution in [0.2, 0.25) is 0 Å². The maximum absolute atomic E-state index is 13.0. The predicted molar refractivity (Wildman–Crippen MR) is 121 cm³/mol. The van der Waals surface area contributed by atoms with E-state index < -0.39 is 23.4 Å². The van der Waals surface area contributed by atoms with E-state index in [9.17, 15) is 9.59 Å². The van der Waals surface area contributed by atoms with Gasteiger partial charge in [-0.15, -0.1) is 0 Å². The smallest absolute Gasteiger partial charge is 0.425 e. The first-order valence-corrected chi connectivity index (χ1v) is 10.8. The van der Waals surface area contributed by atoms with Crippen LogP contribution in [0.5, 0.6) is 0 Å². The largest absolute Gasteiger partial charge is 0.443 e. The highest BCUT2D eigenvalue weighted by atomic mass is 16.6. The molecule has 7 nitrogen and oxygen atoms in total. The van der Waals surface area contributed by atoms with Crippen LogP contribution in [0.25, 0.3) is 10.8 Å². The number of benzene rings is 1. The summed E-state index contributed by atoms with van der Waals surface area (Å²) >= 11 is 0. The number of hydrogen-bond acceptors (Lipinski definition) is 6. The van der Waals surface area contributed by atoms with Gasteiger partial charge in [0.1, 0.15) is 11.2 Å². The van der Waals surface area contributed by atoms with Gasteiger partial charge in [0, 0.05) is 17.6 Å². The first-order chi connectivity index (χ1) is 14.4. The summed E-state index contributed by atoms with van der Waals surface area (Å²) in [7, 11) is 0. The third-order valence-corrected chi connectivity index (χ3v) is 4.84. The molecule has 1 N–H and O–H groups in total. The van der Waals surface area contributed by atoms with E-state index in [4.69, 9.17) is 9.47 Å². The van der Waals surface area contributed by atoms with E-state index in [2.05, 4.69) is 16.4 Å². The average molecular weight is 428 g/mol. The van der Waals surface area contributed by atoms with Gasteiger partial charge in [-0.3, -0.25) is 0 Å². The van der Waals surface area contributed by atoms with Crippen LogP contribution in [-0.2, 0) is 9.47 Å². The third-order valence-electron chi connectivity index (χ3n) is 4.84. The summed E-state index contributed by atoms with van der Waals surface area (Å²) in [6.07, 6.45) is 3.43. The number of ether oxygens (including phenoxy) is 2. The molecule has 1 unspecified atom stereocenters. The zero-order valence-electron chi connectivity index (χ0n) is 19.3. The molecule has 1 aliphatic heterocycles. The van der Waals surface area contributed by atoms with Gasteiger partial charge >= 0.3 is 12.2 Å². The number of anilines is 1. The number of carbonyl (C=O) groups is 2. The first kappa shape index (κ1) is 23.0. The SMILES string of the molecule is CC(C)(C)OC(=O)N(C(=O)OC(C)(C)C)c1nccc2cc(C3CCCCN3)ccc12. The number of pyridine rings is 1. The Kier molecular flexibility index (Phi) is 6.55. The lowest BCUT2D eigenvalue weighted by atomic mass is 9.95. The van der Waals surface area contributed by atoms with Crippen molar-refractivity contribution < 1.29 is 19.1 Å². The lowest BCUT2D eigenvalue weighted by molar-refractivity contribution is 0.0429. The minimum atomic E-state index is -0.820. The molecule has 0 spiro atoms. The van der Waals surface area contributed by atoms with Crippen LogP contribution in [0.4, 0.5) is 15.4 Å². The predicted octanol–water partition coefficient (Wildman–Crippen LogP) is 5.73. The van der Waals surface area contributed by atoms with Gasteiger partial charge in [0.05, 0.1) is 0 Å². The minimum absolute atomic E-state index is 0.198. The second-order valence-corrected chi connectivity index (χ2v) is 9.91. The fourth-order valence-electron chi connectivity index (χ4n) is 3.57. The Morgan fingerprint density at radius 1 is 1.00 bits per heavy atom. The van der Waals surface area contributed by atoms with Crippen molar-refractivity contribution in [2.45, 2.75) is 78.0 Å². The summed E-state index contributed by atoms with van der Waals surface area (Å²) in [6.45, 7) is 11.5. The van der Waals surface area contributed by atoms with Crippen molar-refractivity contribution in [3.63, 3.8) is 0 Å². The third kappa shape index (κ3) is 5.94. The second kappa shape index (κ2) is 8.83. The van der Waals surface area contributed by atoms with Crippen LogP contribution in [0, 0.1) is 0 Å². The number of hydrogen-bond donors (Lipinski definition) is 1. The maximum atomic E-state index is 13.0. The number of fused-ring (bicyclic) bond motifs is 1. The maximum Gasteiger partial charge on any atom is 0.425 e. The molecule has 2 amide bonds. The Bertz CT molecular complexity index is 925. The van der Waals surface area contributed by atoms with Crippen molar-refractivity contribution in [2.75, 3.05) is 11.4 Å². The van der Waals surface area contributed by atoms with Gasteiger partial charge in [0.15, 0.2) is 5.82 Å². The van der Waals surface area contributed by atoms with E-state index in [1.165, 1.54) is 18.4 Å². The molecule has 0 radical (unpaired) electrons. The van der Waals surface area contributed by atoms with E-state index in [1.807, 2.05) is 18.2 Å². The molecule has 168 valence electrons. The second-order valence-electron chi connectivity index (χ2n) is 9.91. The number of nitrogens with one attached hydrogen (secondary N) is 1. The fraction of sp³-hybridized carbons (Fsp3) is 0.542. The van der Waals surface area contributed by atoms with E-state index in [1.54, 1.807) is 47.7 Å². The minimum Gasteiger partial charge on any atom is -0.443 e. The lowest BCUT2D eigenvalue weighted by Crippen LogP contribution is -2.44. The van der Waals surface area contributed by atoms with E-state index in [0.29, 0.717) is 11.4 Å². The molecular weight excluding hydrogens is 394 g/mol. The molecule has 1 aromatic carbocycles. The van der Waals surface area contributed by atoms with Gasteiger partial charge in [0.25, 0.3) is 0 Å². The monoisotopic (exact) mass is 427 g/mol. The summed E-state index contributed by atoms with van der Waals surface area (Å²) < 4.78 is 11.0. The standard InChI is InChI=1S/C24H33N3O4/c1-23(2,3)30-21(28)27(22(29)31-24(4,5)6)20-18-11-10-17(15-16(18)12-14-26-20)19-9-7-8-13-25-19/h10-12,14-15,19,25H,7-9,13H2,1-6H3. The van der Waals surface area contributed by atoms with Gasteiger partial charge in [0.2, 0.25) is 0 Å². The van der Waals surface area contributed by atoms with Gasteiger partial charge in [-0.2, -0.15) is 4.90 Å². The Labute approximate surface area is 184 Å². The average Bonchev–Trinajstić information content (AvgIpc) is 2.66. The van der Waals surface area contributed by atoms with E-state index in [0.717, 1.165) is 23.3 Å². The number of nitrogens with zero attached hydrogens (tertiary/aromatic N) is 2. The molecule has 1 aliphatic rings. The molecule has 1 aromatic heterocycles. The van der Waals surface area contributed by atoms with Crippen LogP contribution in [0.3, 0.4) is 0 Å². The lowest BCUT2D eigenvalue weighted by Gasteiger charge is -2.28. The van der Waals surface area contributed by atoms with Crippen molar-refractivity contribution >= 4 is 28.8 Å². The highest BCUT2D eigenvalue weighted by molar-refractivity contribution is 6.13. The number of amides is 2. The van der Waals surface area contributed by atoms with Gasteiger partial charge in [-0.05, 0) is 84.0 Å². The number of imide groups is 1. The zero-order valence-corrected chi connectivity index (χ0v) is 19.3. The highest BCUT2D eigenvalue weighted by Gasteiger charge is 2.34. The molecule has 1 saturated heterocycles. The summed E-state index contributed by atoms with van der Waals surface area (Å²) in [6, 6.07) is 8.21. The molecule has 1 atom stereocenters. The molecule has 3 rings (SSSR count). The summed E-state index contributed by atoms with van der Waals surface area (Å²) in [5.41, 5.74) is -0.366.